The van der Waals surface area contributed by atoms with Gasteiger partial charge in [0.15, 0.2) is 0 Å². The Bertz CT molecular complexity index is 655. The third-order valence-electron chi connectivity index (χ3n) is 3.40. The number of rotatable bonds is 3. The van der Waals surface area contributed by atoms with Crippen LogP contribution in [0.5, 0.6) is 0 Å². The molecule has 0 unspecified atom stereocenters. The summed E-state index contributed by atoms with van der Waals surface area (Å²) >= 11 is 0. The fraction of sp³-hybridized carbons (Fsp3) is 0.188. The van der Waals surface area contributed by atoms with Gasteiger partial charge in [-0.05, 0) is 35.9 Å². The predicted molar refractivity (Wildman–Crippen MR) is 81.0 cm³/mol. The number of hydrogen-bond acceptors (Lipinski definition) is 3. The van der Waals surface area contributed by atoms with E-state index >= 15 is 0 Å². The van der Waals surface area contributed by atoms with Crippen LogP contribution in [0.1, 0.15) is 15.9 Å². The Labute approximate surface area is 122 Å². The lowest BCUT2D eigenvalue weighted by Crippen LogP contribution is -2.24. The van der Waals surface area contributed by atoms with Gasteiger partial charge in [0.25, 0.3) is 5.91 Å². The number of carbonyl (C=O) groups excluding carboxylic acids is 1. The molecule has 5 heteroatoms. The number of nitrogens with one attached hydrogen (secondary N) is 3. The first-order chi connectivity index (χ1) is 10.2. The van der Waals surface area contributed by atoms with E-state index in [0.717, 1.165) is 30.0 Å². The van der Waals surface area contributed by atoms with E-state index in [1.54, 1.807) is 18.2 Å². The van der Waals surface area contributed by atoms with Crippen molar-refractivity contribution < 1.29 is 9.18 Å². The number of hydrogen-bond donors (Lipinski definition) is 3. The van der Waals surface area contributed by atoms with Gasteiger partial charge in [0.1, 0.15) is 5.82 Å². The van der Waals surface area contributed by atoms with Gasteiger partial charge in [-0.2, -0.15) is 0 Å². The Balaban J connectivity index is 1.66. The molecule has 3 N–H and O–H groups in total. The van der Waals surface area contributed by atoms with Gasteiger partial charge in [-0.1, -0.05) is 12.1 Å². The molecular formula is C16H16FN3O. The first-order valence-corrected chi connectivity index (χ1v) is 6.87. The molecule has 0 bridgehead atoms. The van der Waals surface area contributed by atoms with Crippen molar-refractivity contribution >= 4 is 17.3 Å². The molecule has 0 fully saturated rings. The summed E-state index contributed by atoms with van der Waals surface area (Å²) in [6, 6.07) is 11.6. The fourth-order valence-electron chi connectivity index (χ4n) is 2.27. The van der Waals surface area contributed by atoms with Gasteiger partial charge in [0.05, 0.1) is 11.4 Å². The summed E-state index contributed by atoms with van der Waals surface area (Å²) in [6.07, 6.45) is 0. The summed E-state index contributed by atoms with van der Waals surface area (Å²) in [6.45, 7) is 2.10. The second kappa shape index (κ2) is 5.83. The normalized spacial score (nSPS) is 12.8. The Morgan fingerprint density at radius 3 is 2.52 bits per heavy atom. The topological polar surface area (TPSA) is 53.2 Å². The average Bonchev–Trinajstić information content (AvgIpc) is 2.53. The van der Waals surface area contributed by atoms with Crippen molar-refractivity contribution in [3.05, 3.63) is 59.4 Å². The molecule has 1 heterocycles. The number of anilines is 2. The Kier molecular flexibility index (Phi) is 3.73. The molecule has 1 aliphatic rings. The molecule has 4 nitrogen and oxygen atoms in total. The molecule has 108 valence electrons. The molecule has 0 saturated heterocycles. The Morgan fingerprint density at radius 1 is 1.05 bits per heavy atom. The number of amides is 1. The standard InChI is InChI=1S/C16H16FN3O/c17-13-4-1-11(2-5-13)10-20-16(21)12-3-6-14-15(9-12)19-8-7-18-14/h1-6,9,18-19H,7-8,10H2,(H,20,21). The van der Waals surface area contributed by atoms with Gasteiger partial charge in [-0.15, -0.1) is 0 Å². The maximum absolute atomic E-state index is 12.8. The number of benzene rings is 2. The van der Waals surface area contributed by atoms with Crippen LogP contribution < -0.4 is 16.0 Å². The van der Waals surface area contributed by atoms with Crippen molar-refractivity contribution in [3.8, 4) is 0 Å². The zero-order valence-corrected chi connectivity index (χ0v) is 11.4. The molecule has 3 rings (SSSR count). The first-order valence-electron chi connectivity index (χ1n) is 6.87. The minimum atomic E-state index is -0.279. The van der Waals surface area contributed by atoms with Gasteiger partial charge >= 0.3 is 0 Å². The fourth-order valence-corrected chi connectivity index (χ4v) is 2.27. The summed E-state index contributed by atoms with van der Waals surface area (Å²) in [4.78, 5) is 12.1. The third-order valence-corrected chi connectivity index (χ3v) is 3.40. The molecule has 21 heavy (non-hydrogen) atoms. The van der Waals surface area contributed by atoms with Gasteiger partial charge in [0, 0.05) is 25.2 Å². The van der Waals surface area contributed by atoms with Crippen LogP contribution in [0.4, 0.5) is 15.8 Å². The molecular weight excluding hydrogens is 269 g/mol. The highest BCUT2D eigenvalue weighted by molar-refractivity contribution is 5.96. The van der Waals surface area contributed by atoms with E-state index in [9.17, 15) is 9.18 Å². The Hall–Kier alpha value is -2.56. The van der Waals surface area contributed by atoms with Crippen LogP contribution >= 0.6 is 0 Å². The van der Waals surface area contributed by atoms with Gasteiger partial charge in [0.2, 0.25) is 0 Å². The van der Waals surface area contributed by atoms with Crippen molar-refractivity contribution in [3.63, 3.8) is 0 Å². The average molecular weight is 285 g/mol. The van der Waals surface area contributed by atoms with E-state index < -0.39 is 0 Å². The lowest BCUT2D eigenvalue weighted by atomic mass is 10.1. The molecule has 2 aromatic rings. The van der Waals surface area contributed by atoms with E-state index in [-0.39, 0.29) is 11.7 Å². The van der Waals surface area contributed by atoms with Crippen LogP contribution in [0.25, 0.3) is 0 Å². The highest BCUT2D eigenvalue weighted by Gasteiger charge is 2.11. The highest BCUT2D eigenvalue weighted by atomic mass is 19.1. The second-order valence-electron chi connectivity index (χ2n) is 4.92. The smallest absolute Gasteiger partial charge is 0.251 e. The molecule has 0 atom stereocenters. The van der Waals surface area contributed by atoms with Crippen LogP contribution in [-0.4, -0.2) is 19.0 Å². The van der Waals surface area contributed by atoms with Crippen molar-refractivity contribution in [1.82, 2.24) is 5.32 Å². The minimum Gasteiger partial charge on any atom is -0.382 e. The van der Waals surface area contributed by atoms with Crippen molar-refractivity contribution in [2.24, 2.45) is 0 Å². The van der Waals surface area contributed by atoms with Crippen LogP contribution in [0, 0.1) is 5.82 Å². The third kappa shape index (κ3) is 3.13. The molecule has 2 aromatic carbocycles. The van der Waals surface area contributed by atoms with E-state index in [2.05, 4.69) is 16.0 Å². The van der Waals surface area contributed by atoms with Gasteiger partial charge < -0.3 is 16.0 Å². The molecule has 0 aliphatic carbocycles. The lowest BCUT2D eigenvalue weighted by Gasteiger charge is -2.20. The highest BCUT2D eigenvalue weighted by Crippen LogP contribution is 2.25. The second-order valence-corrected chi connectivity index (χ2v) is 4.92. The number of carbonyl (C=O) groups is 1. The quantitative estimate of drug-likeness (QED) is 0.812. The Morgan fingerprint density at radius 2 is 1.76 bits per heavy atom. The maximum Gasteiger partial charge on any atom is 0.251 e. The molecule has 1 aliphatic heterocycles. The van der Waals surface area contributed by atoms with Crippen molar-refractivity contribution in [2.75, 3.05) is 23.7 Å². The van der Waals surface area contributed by atoms with E-state index in [4.69, 9.17) is 0 Å². The van der Waals surface area contributed by atoms with Crippen molar-refractivity contribution in [2.45, 2.75) is 6.54 Å². The maximum atomic E-state index is 12.8. The predicted octanol–water partition coefficient (Wildman–Crippen LogP) is 2.59. The summed E-state index contributed by atoms with van der Waals surface area (Å²) in [5, 5.41) is 9.35. The van der Waals surface area contributed by atoms with E-state index in [1.807, 2.05) is 12.1 Å². The summed E-state index contributed by atoms with van der Waals surface area (Å²) in [5.74, 6) is -0.423. The van der Waals surface area contributed by atoms with Crippen LogP contribution in [-0.2, 0) is 6.54 Å². The van der Waals surface area contributed by atoms with E-state index in [1.165, 1.54) is 12.1 Å². The molecule has 1 amide bonds. The minimum absolute atomic E-state index is 0.144. The SMILES string of the molecule is O=C(NCc1ccc(F)cc1)c1ccc2c(c1)NCCN2. The molecule has 0 aromatic heterocycles. The number of halogens is 1. The van der Waals surface area contributed by atoms with E-state index in [0.29, 0.717) is 12.1 Å². The zero-order chi connectivity index (χ0) is 14.7. The molecule has 0 spiro atoms. The zero-order valence-electron chi connectivity index (χ0n) is 11.4. The number of fused-ring (bicyclic) bond motifs is 1. The monoisotopic (exact) mass is 285 g/mol. The van der Waals surface area contributed by atoms with Gasteiger partial charge in [-0.25, -0.2) is 4.39 Å². The lowest BCUT2D eigenvalue weighted by molar-refractivity contribution is 0.0951. The van der Waals surface area contributed by atoms with Crippen molar-refractivity contribution in [1.29, 1.82) is 0 Å². The van der Waals surface area contributed by atoms with Crippen LogP contribution in [0.15, 0.2) is 42.5 Å². The summed E-state index contributed by atoms with van der Waals surface area (Å²) < 4.78 is 12.8. The molecule has 0 saturated carbocycles. The first kappa shape index (κ1) is 13.4. The van der Waals surface area contributed by atoms with Crippen LogP contribution in [0.2, 0.25) is 0 Å². The summed E-state index contributed by atoms with van der Waals surface area (Å²) in [5.41, 5.74) is 3.42. The van der Waals surface area contributed by atoms with Crippen LogP contribution in [0.3, 0.4) is 0 Å². The van der Waals surface area contributed by atoms with Gasteiger partial charge in [-0.3, -0.25) is 4.79 Å². The molecule has 0 radical (unpaired) electrons. The summed E-state index contributed by atoms with van der Waals surface area (Å²) in [7, 11) is 0. The largest absolute Gasteiger partial charge is 0.382 e.